The number of aromatic nitrogens is 4. The van der Waals surface area contributed by atoms with Crippen LogP contribution >= 0.6 is 0 Å². The van der Waals surface area contributed by atoms with Crippen molar-refractivity contribution in [2.75, 3.05) is 0 Å². The first kappa shape index (κ1) is 18.5. The molecule has 7 heteroatoms. The van der Waals surface area contributed by atoms with Crippen LogP contribution in [0.2, 0.25) is 0 Å². The normalized spacial score (nSPS) is 19.2. The number of aromatic amines is 1. The summed E-state index contributed by atoms with van der Waals surface area (Å²) < 4.78 is 1.94. The van der Waals surface area contributed by atoms with Gasteiger partial charge < -0.3 is 9.88 Å². The van der Waals surface area contributed by atoms with Crippen LogP contribution in [0.4, 0.5) is 0 Å². The fraction of sp³-hybridized carbons (Fsp3) is 0.304. The first-order valence-corrected chi connectivity index (χ1v) is 10.3. The molecule has 0 saturated heterocycles. The van der Waals surface area contributed by atoms with Crippen molar-refractivity contribution in [2.45, 2.75) is 37.6 Å². The Labute approximate surface area is 173 Å². The molecule has 4 aromatic rings. The molecule has 1 saturated carbocycles. The maximum atomic E-state index is 12.7. The molecule has 0 atom stereocenters. The van der Waals surface area contributed by atoms with Gasteiger partial charge in [-0.15, -0.1) is 0 Å². The third kappa shape index (κ3) is 3.26. The number of fused-ring (bicyclic) bond motifs is 2. The summed E-state index contributed by atoms with van der Waals surface area (Å²) in [6.07, 6.45) is 5.37. The summed E-state index contributed by atoms with van der Waals surface area (Å²) >= 11 is 0. The van der Waals surface area contributed by atoms with Crippen LogP contribution in [-0.2, 0) is 7.05 Å². The van der Waals surface area contributed by atoms with Crippen LogP contribution in [0, 0.1) is 0 Å². The predicted octanol–water partition coefficient (Wildman–Crippen LogP) is 3.27. The highest BCUT2D eigenvalue weighted by atomic mass is 16.1. The van der Waals surface area contributed by atoms with Crippen LogP contribution < -0.4 is 10.9 Å². The van der Waals surface area contributed by atoms with Crippen molar-refractivity contribution in [1.29, 1.82) is 0 Å². The van der Waals surface area contributed by atoms with Crippen molar-refractivity contribution in [3.8, 4) is 0 Å². The van der Waals surface area contributed by atoms with E-state index in [1.165, 1.54) is 0 Å². The van der Waals surface area contributed by atoms with Crippen LogP contribution in [0.3, 0.4) is 0 Å². The molecule has 1 amide bonds. The van der Waals surface area contributed by atoms with E-state index in [-0.39, 0.29) is 23.4 Å². The molecule has 2 N–H and O–H groups in total. The average Bonchev–Trinajstić information content (AvgIpc) is 3.15. The van der Waals surface area contributed by atoms with E-state index in [9.17, 15) is 9.59 Å². The Morgan fingerprint density at radius 1 is 1.10 bits per heavy atom. The smallest absolute Gasteiger partial charge is 0.272 e. The molecule has 1 aliphatic carbocycles. The molecule has 5 rings (SSSR count). The van der Waals surface area contributed by atoms with E-state index < -0.39 is 0 Å². The van der Waals surface area contributed by atoms with Gasteiger partial charge >= 0.3 is 0 Å². The van der Waals surface area contributed by atoms with Crippen molar-refractivity contribution in [3.05, 3.63) is 70.4 Å². The second-order valence-electron chi connectivity index (χ2n) is 8.06. The Hall–Kier alpha value is -3.48. The summed E-state index contributed by atoms with van der Waals surface area (Å²) in [6.45, 7) is 0. The minimum absolute atomic E-state index is 0.0568. The standard InChI is InChI=1S/C23H23N5O2/c1-28-13-24-19-12-15(8-11-20(19)28)22(29)25-16-9-6-14(7-10-16)21-17-4-2-3-5-18(17)23(30)27-26-21/h2-5,8,11-14,16H,6-7,9-10H2,1H3,(H,25,29)(H,27,30)/t14-,16-. The number of hydrogen-bond acceptors (Lipinski definition) is 4. The van der Waals surface area contributed by atoms with Crippen molar-refractivity contribution in [1.82, 2.24) is 25.1 Å². The quantitative estimate of drug-likeness (QED) is 0.551. The predicted molar refractivity (Wildman–Crippen MR) is 116 cm³/mol. The number of carbonyl (C=O) groups is 1. The monoisotopic (exact) mass is 401 g/mol. The van der Waals surface area contributed by atoms with E-state index in [1.54, 1.807) is 6.33 Å². The summed E-state index contributed by atoms with van der Waals surface area (Å²) in [7, 11) is 1.94. The number of benzene rings is 2. The summed E-state index contributed by atoms with van der Waals surface area (Å²) in [5.74, 6) is 0.225. The van der Waals surface area contributed by atoms with Crippen molar-refractivity contribution in [2.24, 2.45) is 7.05 Å². The van der Waals surface area contributed by atoms with Gasteiger partial charge in [0.1, 0.15) is 0 Å². The molecule has 2 aromatic carbocycles. The van der Waals surface area contributed by atoms with E-state index >= 15 is 0 Å². The first-order valence-electron chi connectivity index (χ1n) is 10.3. The maximum Gasteiger partial charge on any atom is 0.272 e. The van der Waals surface area contributed by atoms with Crippen LogP contribution in [0.15, 0.2) is 53.6 Å². The number of amides is 1. The Bertz CT molecular complexity index is 1300. The summed E-state index contributed by atoms with van der Waals surface area (Å²) in [4.78, 5) is 29.1. The largest absolute Gasteiger partial charge is 0.349 e. The lowest BCUT2D eigenvalue weighted by Gasteiger charge is -2.29. The number of nitrogens with zero attached hydrogens (tertiary/aromatic N) is 3. The number of H-pyrrole nitrogens is 1. The van der Waals surface area contributed by atoms with E-state index in [2.05, 4.69) is 20.5 Å². The molecule has 30 heavy (non-hydrogen) atoms. The van der Waals surface area contributed by atoms with E-state index in [1.807, 2.05) is 54.1 Å². The molecule has 152 valence electrons. The highest BCUT2D eigenvalue weighted by molar-refractivity contribution is 5.97. The van der Waals surface area contributed by atoms with Gasteiger partial charge in [-0.1, -0.05) is 18.2 Å². The van der Waals surface area contributed by atoms with Gasteiger partial charge in [-0.05, 0) is 49.9 Å². The molecule has 2 heterocycles. The van der Waals surface area contributed by atoms with Gasteiger partial charge in [-0.2, -0.15) is 5.10 Å². The van der Waals surface area contributed by atoms with Gasteiger partial charge in [-0.3, -0.25) is 9.59 Å². The molecular weight excluding hydrogens is 378 g/mol. The molecule has 7 nitrogen and oxygen atoms in total. The molecule has 0 radical (unpaired) electrons. The van der Waals surface area contributed by atoms with Gasteiger partial charge in [-0.25, -0.2) is 10.1 Å². The fourth-order valence-electron chi connectivity index (χ4n) is 4.50. The Morgan fingerprint density at radius 3 is 2.67 bits per heavy atom. The third-order valence-corrected chi connectivity index (χ3v) is 6.16. The lowest BCUT2D eigenvalue weighted by Crippen LogP contribution is -2.37. The molecular formula is C23H23N5O2. The lowest BCUT2D eigenvalue weighted by atomic mass is 9.82. The van der Waals surface area contributed by atoms with Gasteiger partial charge in [0.25, 0.3) is 11.5 Å². The SMILES string of the molecule is Cn1cnc2cc(C(=O)N[C@H]3CC[C@H](c4n[nH]c(=O)c5ccccc54)CC3)ccc21. The van der Waals surface area contributed by atoms with Gasteiger partial charge in [0.2, 0.25) is 0 Å². The molecule has 2 aromatic heterocycles. The summed E-state index contributed by atoms with van der Waals surface area (Å²) in [6, 6.07) is 13.4. The number of aryl methyl sites for hydroxylation is 1. The number of nitrogens with one attached hydrogen (secondary N) is 2. The Morgan fingerprint density at radius 2 is 1.87 bits per heavy atom. The molecule has 1 fully saturated rings. The van der Waals surface area contributed by atoms with Gasteiger partial charge in [0.15, 0.2) is 0 Å². The topological polar surface area (TPSA) is 92.7 Å². The first-order chi connectivity index (χ1) is 14.6. The molecule has 0 unspecified atom stereocenters. The van der Waals surface area contributed by atoms with Crippen molar-refractivity contribution >= 4 is 27.7 Å². The number of hydrogen-bond donors (Lipinski definition) is 2. The minimum atomic E-state index is -0.153. The molecule has 0 aliphatic heterocycles. The zero-order chi connectivity index (χ0) is 20.7. The molecule has 0 bridgehead atoms. The van der Waals surface area contributed by atoms with E-state index in [0.29, 0.717) is 10.9 Å². The molecule has 0 spiro atoms. The van der Waals surface area contributed by atoms with Crippen LogP contribution in [0.25, 0.3) is 21.8 Å². The van der Waals surface area contributed by atoms with Gasteiger partial charge in [0, 0.05) is 30.0 Å². The maximum absolute atomic E-state index is 12.7. The molecule has 1 aliphatic rings. The second-order valence-corrected chi connectivity index (χ2v) is 8.06. The van der Waals surface area contributed by atoms with Gasteiger partial charge in [0.05, 0.1) is 28.4 Å². The highest BCUT2D eigenvalue weighted by Gasteiger charge is 2.26. The summed E-state index contributed by atoms with van der Waals surface area (Å²) in [5, 5.41) is 11.8. The zero-order valence-electron chi connectivity index (χ0n) is 16.8. The lowest BCUT2D eigenvalue weighted by molar-refractivity contribution is 0.0926. The van der Waals surface area contributed by atoms with Crippen LogP contribution in [-0.4, -0.2) is 31.7 Å². The Kier molecular flexibility index (Phi) is 4.58. The average molecular weight is 401 g/mol. The van der Waals surface area contributed by atoms with Crippen LogP contribution in [0.5, 0.6) is 0 Å². The third-order valence-electron chi connectivity index (χ3n) is 6.16. The number of imidazole rings is 1. The fourth-order valence-corrected chi connectivity index (χ4v) is 4.50. The number of rotatable bonds is 3. The summed E-state index contributed by atoms with van der Waals surface area (Å²) in [5.41, 5.74) is 3.27. The Balaban J connectivity index is 1.27. The second kappa shape index (κ2) is 7.40. The van der Waals surface area contributed by atoms with E-state index in [4.69, 9.17) is 0 Å². The van der Waals surface area contributed by atoms with Crippen molar-refractivity contribution in [3.63, 3.8) is 0 Å². The number of carbonyl (C=O) groups excluding carboxylic acids is 1. The van der Waals surface area contributed by atoms with Crippen molar-refractivity contribution < 1.29 is 4.79 Å². The minimum Gasteiger partial charge on any atom is -0.349 e. The zero-order valence-corrected chi connectivity index (χ0v) is 16.8. The van der Waals surface area contributed by atoms with E-state index in [0.717, 1.165) is 47.8 Å². The van der Waals surface area contributed by atoms with Crippen LogP contribution in [0.1, 0.15) is 47.7 Å². The highest BCUT2D eigenvalue weighted by Crippen LogP contribution is 2.34.